The summed E-state index contributed by atoms with van der Waals surface area (Å²) >= 11 is 6.35. The maximum atomic E-state index is 13.6. The zero-order valence-electron chi connectivity index (χ0n) is 29.0. The van der Waals surface area contributed by atoms with E-state index >= 15 is 0 Å². The van der Waals surface area contributed by atoms with Gasteiger partial charge in [-0.15, -0.1) is 6.58 Å². The third-order valence-electron chi connectivity index (χ3n) is 10.2. The molecule has 0 aromatic heterocycles. The van der Waals surface area contributed by atoms with E-state index in [2.05, 4.69) is 36.1 Å². The molecule has 4 rings (SSSR count). The number of aryl methyl sites for hydroxylation is 1. The maximum absolute atomic E-state index is 13.6. The number of aliphatic hydroxyl groups is 1. The Kier molecular flexibility index (Phi) is 14.5. The smallest absolute Gasteiger partial charge is 0.264 e. The lowest BCUT2D eigenvalue weighted by Crippen LogP contribution is -2.43. The van der Waals surface area contributed by atoms with Crippen molar-refractivity contribution in [1.82, 2.24) is 4.72 Å². The second-order valence-corrected chi connectivity index (χ2v) is 16.1. The molecule has 5 atom stereocenters. The molecule has 1 unspecified atom stereocenters. The topological polar surface area (TPSA) is 95.9 Å². The zero-order valence-corrected chi connectivity index (χ0v) is 30.6. The van der Waals surface area contributed by atoms with Crippen LogP contribution in [0.2, 0.25) is 5.02 Å². The number of allylic oxidation sites excluding steroid dienone is 2. The van der Waals surface area contributed by atoms with E-state index in [0.29, 0.717) is 30.3 Å². The van der Waals surface area contributed by atoms with Crippen molar-refractivity contribution in [2.45, 2.75) is 109 Å². The van der Waals surface area contributed by atoms with Crippen LogP contribution in [0.5, 0.6) is 5.75 Å². The fourth-order valence-electron chi connectivity index (χ4n) is 6.94. The Morgan fingerprint density at radius 2 is 1.96 bits per heavy atom. The molecule has 1 heterocycles. The number of hydrogen-bond acceptors (Lipinski definition) is 6. The van der Waals surface area contributed by atoms with Gasteiger partial charge in [0.1, 0.15) is 12.4 Å². The monoisotopic (exact) mass is 698 g/mol. The number of carbonyl (C=O) groups excluding carboxylic acids is 1. The van der Waals surface area contributed by atoms with Gasteiger partial charge in [0.2, 0.25) is 10.0 Å². The van der Waals surface area contributed by atoms with Gasteiger partial charge < -0.3 is 14.7 Å². The van der Waals surface area contributed by atoms with E-state index in [4.69, 9.17) is 16.3 Å². The first-order chi connectivity index (χ1) is 23.1. The number of halogens is 1. The van der Waals surface area contributed by atoms with E-state index in [0.717, 1.165) is 82.0 Å². The molecule has 1 saturated carbocycles. The molecule has 1 aliphatic carbocycles. The van der Waals surface area contributed by atoms with Crippen molar-refractivity contribution in [3.8, 4) is 5.75 Å². The van der Waals surface area contributed by atoms with E-state index in [-0.39, 0.29) is 23.3 Å². The van der Waals surface area contributed by atoms with Crippen LogP contribution in [0.25, 0.3) is 0 Å². The highest BCUT2D eigenvalue weighted by Gasteiger charge is 2.37. The number of anilines is 1. The summed E-state index contributed by atoms with van der Waals surface area (Å²) in [4.78, 5) is 15.9. The van der Waals surface area contributed by atoms with Crippen LogP contribution in [0.4, 0.5) is 5.69 Å². The summed E-state index contributed by atoms with van der Waals surface area (Å²) in [7, 11) is -3.94. The molecule has 0 bridgehead atoms. The number of sulfonamides is 1. The van der Waals surface area contributed by atoms with Crippen molar-refractivity contribution in [3.63, 3.8) is 0 Å². The van der Waals surface area contributed by atoms with E-state index in [1.54, 1.807) is 31.2 Å². The van der Waals surface area contributed by atoms with Crippen molar-refractivity contribution in [3.05, 3.63) is 82.9 Å². The number of nitrogens with one attached hydrogen (secondary N) is 1. The molecule has 48 heavy (non-hydrogen) atoms. The lowest BCUT2D eigenvalue weighted by molar-refractivity contribution is 0.0461. The Labute approximate surface area is 293 Å². The van der Waals surface area contributed by atoms with Gasteiger partial charge in [0.25, 0.3) is 5.91 Å². The van der Waals surface area contributed by atoms with Gasteiger partial charge in [-0.1, -0.05) is 69.0 Å². The molecule has 1 fully saturated rings. The minimum Gasteiger partial charge on any atom is -0.487 e. The number of nitrogens with zero attached hydrogens (tertiary/aromatic N) is 1. The summed E-state index contributed by atoms with van der Waals surface area (Å²) < 4.78 is 35.8. The highest BCUT2D eigenvalue weighted by Crippen LogP contribution is 2.41. The van der Waals surface area contributed by atoms with Crippen molar-refractivity contribution < 1.29 is 23.1 Å². The predicted octanol–water partition coefficient (Wildman–Crippen LogP) is 8.64. The van der Waals surface area contributed by atoms with Gasteiger partial charge in [0, 0.05) is 23.7 Å². The van der Waals surface area contributed by atoms with Crippen LogP contribution < -0.4 is 14.4 Å². The first-order valence-electron chi connectivity index (χ1n) is 17.9. The Morgan fingerprint density at radius 1 is 1.15 bits per heavy atom. The van der Waals surface area contributed by atoms with Gasteiger partial charge in [0.05, 0.1) is 17.0 Å². The number of fused-ring (bicyclic) bond motifs is 2. The van der Waals surface area contributed by atoms with Crippen LogP contribution in [0.15, 0.2) is 61.2 Å². The lowest BCUT2D eigenvalue weighted by Gasteiger charge is -2.42. The van der Waals surface area contributed by atoms with Crippen LogP contribution in [0, 0.1) is 17.8 Å². The quantitative estimate of drug-likeness (QED) is 0.181. The highest BCUT2D eigenvalue weighted by molar-refractivity contribution is 7.90. The summed E-state index contributed by atoms with van der Waals surface area (Å²) in [6, 6.07) is 11.1. The normalized spacial score (nSPS) is 20.3. The summed E-state index contributed by atoms with van der Waals surface area (Å²) in [5.74, 6) is 0.315. The molecule has 2 N–H and O–H groups in total. The Morgan fingerprint density at radius 3 is 2.67 bits per heavy atom. The van der Waals surface area contributed by atoms with Crippen molar-refractivity contribution in [2.75, 3.05) is 18.0 Å². The number of aliphatic hydroxyl groups excluding tert-OH is 1. The Bertz CT molecular complexity index is 1510. The SMILES string of the molecule is C=CC[C@H](CCCC)C(C)S(=O)(=O)NC(=O)c1ccc2c(c1)N(C[C@@H]1CC[C@H]1[C@@H](O)/C=C/CCC)CCCCc1cc(Cl)ccc1CO2. The number of rotatable bonds is 15. The van der Waals surface area contributed by atoms with Gasteiger partial charge in [0.15, 0.2) is 0 Å². The second kappa shape index (κ2) is 18.3. The molecule has 9 heteroatoms. The average Bonchev–Trinajstić information content (AvgIpc) is 3.07. The number of hydrogen-bond donors (Lipinski definition) is 2. The van der Waals surface area contributed by atoms with Crippen LogP contribution in [0.1, 0.15) is 106 Å². The molecule has 0 radical (unpaired) electrons. The number of ether oxygens (including phenoxy) is 1. The highest BCUT2D eigenvalue weighted by atomic mass is 35.5. The fraction of sp³-hybridized carbons (Fsp3) is 0.564. The van der Waals surface area contributed by atoms with Crippen molar-refractivity contribution in [2.24, 2.45) is 17.8 Å². The number of benzene rings is 2. The van der Waals surface area contributed by atoms with Crippen molar-refractivity contribution >= 4 is 33.2 Å². The predicted molar refractivity (Wildman–Crippen MR) is 197 cm³/mol. The lowest BCUT2D eigenvalue weighted by atomic mass is 9.70. The van der Waals surface area contributed by atoms with Crippen LogP contribution in [-0.4, -0.2) is 43.9 Å². The summed E-state index contributed by atoms with van der Waals surface area (Å²) in [5.41, 5.74) is 3.27. The van der Waals surface area contributed by atoms with E-state index in [1.807, 2.05) is 24.3 Å². The molecule has 2 aromatic rings. The molecule has 1 amide bonds. The Hall–Kier alpha value is -2.81. The fourth-order valence-corrected chi connectivity index (χ4v) is 8.45. The van der Waals surface area contributed by atoms with Crippen LogP contribution in [-0.2, 0) is 23.1 Å². The first kappa shape index (κ1) is 38.0. The molecule has 0 saturated heterocycles. The molecule has 0 spiro atoms. The van der Waals surface area contributed by atoms with Gasteiger partial charge in [-0.25, -0.2) is 13.1 Å². The Balaban J connectivity index is 1.63. The summed E-state index contributed by atoms with van der Waals surface area (Å²) in [6.45, 7) is 11.5. The first-order valence-corrected chi connectivity index (χ1v) is 19.8. The average molecular weight is 699 g/mol. The van der Waals surface area contributed by atoms with E-state index < -0.39 is 27.3 Å². The van der Waals surface area contributed by atoms with Gasteiger partial charge in [-0.2, -0.15) is 0 Å². The zero-order chi connectivity index (χ0) is 34.7. The van der Waals surface area contributed by atoms with E-state index in [9.17, 15) is 18.3 Å². The third kappa shape index (κ3) is 10.1. The van der Waals surface area contributed by atoms with E-state index in [1.165, 1.54) is 5.56 Å². The number of unbranched alkanes of at least 4 members (excludes halogenated alkanes) is 2. The summed E-state index contributed by atoms with van der Waals surface area (Å²) in [6.07, 6.45) is 15.2. The van der Waals surface area contributed by atoms with Gasteiger partial charge in [-0.3, -0.25) is 4.79 Å². The molecular weight excluding hydrogens is 644 g/mol. The molecule has 2 aromatic carbocycles. The number of carbonyl (C=O) groups is 1. The molecule has 2 aliphatic rings. The largest absolute Gasteiger partial charge is 0.487 e. The summed E-state index contributed by atoms with van der Waals surface area (Å²) in [5, 5.41) is 10.9. The standard InChI is InChI=1S/C39H55ClN2O5S/c1-5-8-10-16-37(43)35-21-18-32(35)26-42-23-12-11-15-30-24-34(40)20-17-33(30)27-47-38-22-19-31(25-36(38)42)39(44)41-48(45,46)28(4)29(13-7-3)14-9-6-2/h7,10,16-17,19-20,22,24-25,28-29,32,35,37,43H,3,5-6,8-9,11-15,18,21,23,26-27H2,1-2,4H3,(H,41,44)/b16-10+/t28?,29-,32+,35-,37+/m1/s1. The molecule has 1 aliphatic heterocycles. The minimum atomic E-state index is -3.94. The number of amides is 1. The molecular formula is C39H55ClN2O5S. The van der Waals surface area contributed by atoms with Gasteiger partial charge >= 0.3 is 0 Å². The van der Waals surface area contributed by atoms with Crippen LogP contribution in [0.3, 0.4) is 0 Å². The third-order valence-corrected chi connectivity index (χ3v) is 12.3. The second-order valence-electron chi connectivity index (χ2n) is 13.6. The molecule has 7 nitrogen and oxygen atoms in total. The minimum absolute atomic E-state index is 0.121. The van der Waals surface area contributed by atoms with Gasteiger partial charge in [-0.05, 0) is 118 Å². The molecule has 264 valence electrons. The maximum Gasteiger partial charge on any atom is 0.264 e. The van der Waals surface area contributed by atoms with Crippen molar-refractivity contribution in [1.29, 1.82) is 0 Å². The van der Waals surface area contributed by atoms with Crippen LogP contribution >= 0.6 is 11.6 Å².